The van der Waals surface area contributed by atoms with E-state index < -0.39 is 5.54 Å². The summed E-state index contributed by atoms with van der Waals surface area (Å²) >= 11 is 0. The molecular weight excluding hydrogens is 420 g/mol. The Morgan fingerprint density at radius 1 is 0.727 bits per heavy atom. The van der Waals surface area contributed by atoms with E-state index in [0.717, 1.165) is 58.9 Å². The van der Waals surface area contributed by atoms with E-state index in [2.05, 4.69) is 37.2 Å². The van der Waals surface area contributed by atoms with Gasteiger partial charge in [0.25, 0.3) is 0 Å². The molecule has 33 heavy (non-hydrogen) atoms. The Balaban J connectivity index is 2.03. The van der Waals surface area contributed by atoms with Crippen LogP contribution in [0.3, 0.4) is 0 Å². The topological polar surface area (TPSA) is 144 Å². The summed E-state index contributed by atoms with van der Waals surface area (Å²) < 4.78 is 0. The highest BCUT2D eigenvalue weighted by Crippen LogP contribution is 2.18. The van der Waals surface area contributed by atoms with Crippen molar-refractivity contribution in [3.63, 3.8) is 0 Å². The average molecular weight is 469 g/mol. The summed E-state index contributed by atoms with van der Waals surface area (Å²) in [5.74, 6) is 0.190. The number of nitrogens with one attached hydrogen (secondary N) is 7. The normalized spacial score (nSPS) is 29.1. The van der Waals surface area contributed by atoms with E-state index in [-0.39, 0.29) is 22.6 Å². The molecule has 10 heteroatoms. The lowest BCUT2D eigenvalue weighted by Crippen LogP contribution is -2.67. The second kappa shape index (κ2) is 13.7. The van der Waals surface area contributed by atoms with Crippen molar-refractivity contribution in [1.29, 1.82) is 0 Å². The van der Waals surface area contributed by atoms with E-state index in [0.29, 0.717) is 38.9 Å². The Kier molecular flexibility index (Phi) is 11.6. The van der Waals surface area contributed by atoms with Crippen LogP contribution in [0.15, 0.2) is 0 Å². The van der Waals surface area contributed by atoms with Crippen LogP contribution in [0.5, 0.6) is 0 Å². The van der Waals surface area contributed by atoms with Crippen LogP contribution in [0.2, 0.25) is 0 Å². The number of amides is 1. The van der Waals surface area contributed by atoms with Gasteiger partial charge in [0, 0.05) is 96.8 Å². The summed E-state index contributed by atoms with van der Waals surface area (Å²) in [6.45, 7) is 14.7. The summed E-state index contributed by atoms with van der Waals surface area (Å²) in [7, 11) is 0. The predicted octanol–water partition coefficient (Wildman–Crippen LogP) is -2.11. The maximum Gasteiger partial charge on any atom is 0.220 e. The highest BCUT2D eigenvalue weighted by molar-refractivity contribution is 5.84. The molecule has 0 aromatic carbocycles. The molecule has 3 aliphatic rings. The summed E-state index contributed by atoms with van der Waals surface area (Å²) in [4.78, 5) is 25.1. The first-order valence-corrected chi connectivity index (χ1v) is 12.5. The minimum Gasteiger partial charge on any atom is -0.347 e. The van der Waals surface area contributed by atoms with Crippen LogP contribution in [0.1, 0.15) is 40.0 Å². The van der Waals surface area contributed by atoms with Crippen LogP contribution in [0.25, 0.3) is 0 Å². The molecule has 3 saturated heterocycles. The second-order valence-corrected chi connectivity index (χ2v) is 10.8. The van der Waals surface area contributed by atoms with Gasteiger partial charge in [-0.15, -0.1) is 0 Å². The number of nitrogens with two attached hydrogens (primary N) is 1. The lowest BCUT2D eigenvalue weighted by atomic mass is 9.88. The molecule has 0 spiro atoms. The number of carbonyl (C=O) groups excluding carboxylic acids is 2. The number of carbonyl (C=O) groups is 2. The largest absolute Gasteiger partial charge is 0.347 e. The fourth-order valence-corrected chi connectivity index (χ4v) is 4.18. The molecule has 3 fully saturated rings. The zero-order chi connectivity index (χ0) is 24.2. The summed E-state index contributed by atoms with van der Waals surface area (Å²) in [6.07, 6.45) is 1.36. The first kappa shape index (κ1) is 28.1. The lowest BCUT2D eigenvalue weighted by Gasteiger charge is -2.37. The zero-order valence-electron chi connectivity index (χ0n) is 21.0. The molecule has 3 rings (SSSR count). The molecule has 3 heterocycles. The fraction of sp³-hybridized carbons (Fsp3) is 0.913. The van der Waals surface area contributed by atoms with Crippen LogP contribution in [0.4, 0.5) is 0 Å². The van der Waals surface area contributed by atoms with E-state index in [9.17, 15) is 9.59 Å². The molecule has 0 radical (unpaired) electrons. The van der Waals surface area contributed by atoms with Crippen molar-refractivity contribution in [3.05, 3.63) is 0 Å². The maximum absolute atomic E-state index is 12.9. The lowest BCUT2D eigenvalue weighted by molar-refractivity contribution is -0.126. The summed E-state index contributed by atoms with van der Waals surface area (Å²) in [5.41, 5.74) is 5.48. The minimum absolute atomic E-state index is 0.00775. The van der Waals surface area contributed by atoms with Crippen LogP contribution in [-0.2, 0) is 9.59 Å². The molecule has 1 amide bonds. The van der Waals surface area contributed by atoms with Gasteiger partial charge in [0.2, 0.25) is 5.91 Å². The smallest absolute Gasteiger partial charge is 0.220 e. The molecule has 0 aromatic heterocycles. The molecule has 0 atom stereocenters. The molecule has 0 aliphatic carbocycles. The van der Waals surface area contributed by atoms with E-state index in [1.54, 1.807) is 0 Å². The minimum atomic E-state index is -0.461. The SMILES string of the molecule is CC(C)(C)C(=O)CCCC(=O)NC12CNCCNCC(N)(CNCCNC1)CNCCNC2. The van der Waals surface area contributed by atoms with Gasteiger partial charge in [0.15, 0.2) is 0 Å². The number of Topliss-reactive ketones (excluding diaryl/α,β-unsaturated/α-hetero) is 1. The molecule has 2 bridgehead atoms. The van der Waals surface area contributed by atoms with Gasteiger partial charge in [-0.1, -0.05) is 20.8 Å². The highest BCUT2D eigenvalue weighted by Gasteiger charge is 2.32. The van der Waals surface area contributed by atoms with Gasteiger partial charge in [0.05, 0.1) is 11.1 Å². The van der Waals surface area contributed by atoms with E-state index in [4.69, 9.17) is 5.73 Å². The van der Waals surface area contributed by atoms with Crippen LogP contribution >= 0.6 is 0 Å². The van der Waals surface area contributed by atoms with Gasteiger partial charge in [0.1, 0.15) is 5.78 Å². The molecule has 3 aliphatic heterocycles. The first-order chi connectivity index (χ1) is 15.6. The standard InChI is InChI=1S/C23H48N8O2/c1-21(2,3)19(32)5-4-6-20(33)31-23-16-28-10-7-25-13-22(24,14-26-8-11-29-17-23)15-27-9-12-30-18-23/h25-30H,4-18,24H2,1-3H3,(H,31,33). The average Bonchev–Trinajstić information content (AvgIpc) is 2.74. The summed E-state index contributed by atoms with van der Waals surface area (Å²) in [5, 5.41) is 24.3. The second-order valence-electron chi connectivity index (χ2n) is 10.8. The van der Waals surface area contributed by atoms with Gasteiger partial charge >= 0.3 is 0 Å². The molecule has 192 valence electrons. The van der Waals surface area contributed by atoms with Crippen LogP contribution in [0, 0.1) is 5.41 Å². The van der Waals surface area contributed by atoms with Gasteiger partial charge in [-0.05, 0) is 6.42 Å². The Labute approximate surface area is 199 Å². The highest BCUT2D eigenvalue weighted by atomic mass is 16.2. The van der Waals surface area contributed by atoms with Crippen molar-refractivity contribution in [2.75, 3.05) is 78.5 Å². The Hall–Kier alpha value is -1.14. The van der Waals surface area contributed by atoms with Crippen LogP contribution < -0.4 is 43.0 Å². The van der Waals surface area contributed by atoms with E-state index in [1.165, 1.54) is 0 Å². The number of hydrogen-bond acceptors (Lipinski definition) is 9. The first-order valence-electron chi connectivity index (χ1n) is 12.5. The van der Waals surface area contributed by atoms with Crippen LogP contribution in [-0.4, -0.2) is 101 Å². The fourth-order valence-electron chi connectivity index (χ4n) is 4.18. The molecular formula is C23H48N8O2. The molecule has 0 unspecified atom stereocenters. The number of ketones is 1. The van der Waals surface area contributed by atoms with Crippen molar-refractivity contribution in [2.45, 2.75) is 51.1 Å². The predicted molar refractivity (Wildman–Crippen MR) is 133 cm³/mol. The van der Waals surface area contributed by atoms with Crippen molar-refractivity contribution in [1.82, 2.24) is 37.2 Å². The van der Waals surface area contributed by atoms with Crippen molar-refractivity contribution in [2.24, 2.45) is 11.1 Å². The van der Waals surface area contributed by atoms with E-state index in [1.807, 2.05) is 20.8 Å². The monoisotopic (exact) mass is 468 g/mol. The van der Waals surface area contributed by atoms with Gasteiger partial charge in [-0.2, -0.15) is 0 Å². The number of fused-ring (bicyclic) bond motifs is 15. The molecule has 0 saturated carbocycles. The maximum atomic E-state index is 12.9. The summed E-state index contributed by atoms with van der Waals surface area (Å²) in [6, 6.07) is 0. The van der Waals surface area contributed by atoms with E-state index >= 15 is 0 Å². The van der Waals surface area contributed by atoms with Crippen molar-refractivity contribution >= 4 is 11.7 Å². The molecule has 10 nitrogen and oxygen atoms in total. The third-order valence-corrected chi connectivity index (χ3v) is 6.31. The number of rotatable bonds is 5. The Bertz CT molecular complexity index is 564. The molecule has 0 aromatic rings. The van der Waals surface area contributed by atoms with Gasteiger partial charge in [-0.3, -0.25) is 9.59 Å². The van der Waals surface area contributed by atoms with Crippen molar-refractivity contribution in [3.8, 4) is 0 Å². The third kappa shape index (κ3) is 10.8. The van der Waals surface area contributed by atoms with Crippen molar-refractivity contribution < 1.29 is 9.59 Å². The zero-order valence-corrected chi connectivity index (χ0v) is 21.0. The third-order valence-electron chi connectivity index (χ3n) is 6.31. The number of hydrogen-bond donors (Lipinski definition) is 8. The van der Waals surface area contributed by atoms with Gasteiger partial charge < -0.3 is 43.0 Å². The van der Waals surface area contributed by atoms with Gasteiger partial charge in [-0.25, -0.2) is 0 Å². The Morgan fingerprint density at radius 3 is 1.52 bits per heavy atom. The molecule has 9 N–H and O–H groups in total. The Morgan fingerprint density at radius 2 is 1.12 bits per heavy atom. The quantitative estimate of drug-likeness (QED) is 0.227.